The lowest BCUT2D eigenvalue weighted by atomic mass is 9.78. The minimum atomic E-state index is -0.429. The van der Waals surface area contributed by atoms with Crippen LogP contribution in [-0.4, -0.2) is 52.9 Å². The minimum absolute atomic E-state index is 0. The van der Waals surface area contributed by atoms with Crippen molar-refractivity contribution in [1.29, 1.82) is 0 Å². The molecule has 2 aromatic rings. The Morgan fingerprint density at radius 3 is 2.72 bits per heavy atom. The summed E-state index contributed by atoms with van der Waals surface area (Å²) in [6.07, 6.45) is 2.65. The number of hydrogen-bond donors (Lipinski definition) is 2. The molecule has 29 heavy (non-hydrogen) atoms. The number of carbonyl (C=O) groups excluding carboxylic acids is 1. The molecule has 3 heterocycles. The molecule has 2 aromatic heterocycles. The second kappa shape index (κ2) is 9.71. The number of aromatic amines is 1. The van der Waals surface area contributed by atoms with Gasteiger partial charge in [-0.25, -0.2) is 14.8 Å². The highest BCUT2D eigenvalue weighted by Crippen LogP contribution is 2.36. The second-order valence-corrected chi connectivity index (χ2v) is 7.12. The topological polar surface area (TPSA) is 119 Å². The Hall–Kier alpha value is -1.94. The van der Waals surface area contributed by atoms with Gasteiger partial charge < -0.3 is 20.1 Å². The van der Waals surface area contributed by atoms with Crippen molar-refractivity contribution in [2.45, 2.75) is 44.4 Å². The fraction of sp³-hybridized carbons (Fsp3) is 0.556. The summed E-state index contributed by atoms with van der Waals surface area (Å²) >= 11 is 0. The highest BCUT2D eigenvalue weighted by molar-refractivity contribution is 5.89. The van der Waals surface area contributed by atoms with Gasteiger partial charge in [-0.05, 0) is 12.8 Å². The quantitative estimate of drug-likeness (QED) is 0.669. The number of rotatable bonds is 5. The number of esters is 1. The number of hydrogen-bond acceptors (Lipinski definition) is 8. The summed E-state index contributed by atoms with van der Waals surface area (Å²) in [5, 5.41) is 7.08. The van der Waals surface area contributed by atoms with E-state index in [-0.39, 0.29) is 30.9 Å². The van der Waals surface area contributed by atoms with Crippen LogP contribution in [0.4, 0.5) is 5.82 Å². The zero-order valence-electron chi connectivity index (χ0n) is 16.4. The van der Waals surface area contributed by atoms with E-state index >= 15 is 0 Å². The van der Waals surface area contributed by atoms with Gasteiger partial charge in [0.2, 0.25) is 0 Å². The van der Waals surface area contributed by atoms with E-state index in [2.05, 4.69) is 25.1 Å². The smallest absolute Gasteiger partial charge is 0.358 e. The number of nitrogens with one attached hydrogen (secondary N) is 1. The molecule has 1 aliphatic carbocycles. The van der Waals surface area contributed by atoms with Gasteiger partial charge >= 0.3 is 5.97 Å². The predicted molar refractivity (Wildman–Crippen MR) is 112 cm³/mol. The number of halogens is 2. The fourth-order valence-corrected chi connectivity index (χ4v) is 3.73. The van der Waals surface area contributed by atoms with Crippen molar-refractivity contribution in [2.75, 3.05) is 25.7 Å². The molecule has 4 rings (SSSR count). The van der Waals surface area contributed by atoms with Gasteiger partial charge in [-0.2, -0.15) is 5.10 Å². The number of carbonyl (C=O) groups is 1. The van der Waals surface area contributed by atoms with Crippen LogP contribution in [0, 0.1) is 0 Å². The molecule has 0 unspecified atom stereocenters. The molecule has 1 aliphatic heterocycles. The van der Waals surface area contributed by atoms with Gasteiger partial charge in [0, 0.05) is 61.6 Å². The van der Waals surface area contributed by atoms with Crippen molar-refractivity contribution in [1.82, 2.24) is 20.2 Å². The highest BCUT2D eigenvalue weighted by atomic mass is 35.5. The summed E-state index contributed by atoms with van der Waals surface area (Å²) in [6.45, 7) is 1.68. The molecule has 0 radical (unpaired) electrons. The Morgan fingerprint density at radius 1 is 1.31 bits per heavy atom. The first-order chi connectivity index (χ1) is 13.1. The molecule has 0 atom stereocenters. The van der Waals surface area contributed by atoms with Crippen LogP contribution in [-0.2, 0) is 29.0 Å². The highest BCUT2D eigenvalue weighted by Gasteiger charge is 2.31. The predicted octanol–water partition coefficient (Wildman–Crippen LogP) is 1.74. The van der Waals surface area contributed by atoms with E-state index in [0.29, 0.717) is 30.6 Å². The lowest BCUT2D eigenvalue weighted by molar-refractivity contribution is 0.0592. The molecule has 0 spiro atoms. The van der Waals surface area contributed by atoms with Gasteiger partial charge in [0.25, 0.3) is 0 Å². The molecule has 11 heteroatoms. The first-order valence-electron chi connectivity index (χ1n) is 9.10. The first-order valence-corrected chi connectivity index (χ1v) is 9.10. The molecule has 0 bridgehead atoms. The van der Waals surface area contributed by atoms with E-state index in [1.807, 2.05) is 6.07 Å². The summed E-state index contributed by atoms with van der Waals surface area (Å²) in [5.74, 6) is 1.45. The van der Waals surface area contributed by atoms with Crippen LogP contribution in [0.15, 0.2) is 6.07 Å². The van der Waals surface area contributed by atoms with Crippen LogP contribution in [0.1, 0.15) is 52.0 Å². The average Bonchev–Trinajstić information content (AvgIpc) is 3.08. The van der Waals surface area contributed by atoms with Crippen LogP contribution in [0.25, 0.3) is 0 Å². The lowest BCUT2D eigenvalue weighted by Crippen LogP contribution is -2.36. The first kappa shape index (κ1) is 23.3. The molecule has 1 fully saturated rings. The zero-order chi connectivity index (χ0) is 19.0. The van der Waals surface area contributed by atoms with Crippen molar-refractivity contribution in [3.8, 4) is 0 Å². The Balaban J connectivity index is 0.00000150. The Morgan fingerprint density at radius 2 is 2.07 bits per heavy atom. The van der Waals surface area contributed by atoms with Crippen LogP contribution < -0.4 is 10.6 Å². The van der Waals surface area contributed by atoms with Crippen LogP contribution >= 0.6 is 24.8 Å². The number of nitrogens with two attached hydrogens (primary N) is 1. The standard InChI is InChI=1S/C18H24N6O3.2ClH/c1-26-9-15-20-14(10-5-11(19)6-10)7-16(21-15)24-4-3-13-12(8-24)17(23-22-13)18(25)27-2;;/h7,10-11H,3-6,8-9,19H2,1-2H3,(H,22,23);2*1H. The number of ether oxygens (including phenoxy) is 2. The normalized spacial score (nSPS) is 20.0. The maximum Gasteiger partial charge on any atom is 0.358 e. The number of nitrogens with zero attached hydrogens (tertiary/aromatic N) is 4. The summed E-state index contributed by atoms with van der Waals surface area (Å²) in [4.78, 5) is 23.4. The molecule has 0 saturated heterocycles. The average molecular weight is 445 g/mol. The molecule has 9 nitrogen and oxygen atoms in total. The molecule has 0 aromatic carbocycles. The van der Waals surface area contributed by atoms with E-state index in [9.17, 15) is 4.79 Å². The molecule has 3 N–H and O–H groups in total. The summed E-state index contributed by atoms with van der Waals surface area (Å²) < 4.78 is 10.1. The number of methoxy groups -OCH3 is 2. The summed E-state index contributed by atoms with van der Waals surface area (Å²) in [6, 6.07) is 2.30. The SMILES string of the molecule is COCc1nc(C2CC(N)C2)cc(N2CCc3[nH]nc(C(=O)OC)c3C2)n1.Cl.Cl. The van der Waals surface area contributed by atoms with E-state index in [1.165, 1.54) is 7.11 Å². The van der Waals surface area contributed by atoms with Crippen molar-refractivity contribution < 1.29 is 14.3 Å². The minimum Gasteiger partial charge on any atom is -0.464 e. The van der Waals surface area contributed by atoms with E-state index < -0.39 is 5.97 Å². The zero-order valence-corrected chi connectivity index (χ0v) is 18.0. The van der Waals surface area contributed by atoms with Gasteiger partial charge in [-0.1, -0.05) is 0 Å². The van der Waals surface area contributed by atoms with Crippen molar-refractivity contribution >= 4 is 36.6 Å². The molecular formula is C18H26Cl2N6O3. The molecule has 1 saturated carbocycles. The Bertz CT molecular complexity index is 856. The van der Waals surface area contributed by atoms with Gasteiger partial charge in [-0.3, -0.25) is 5.10 Å². The number of aromatic nitrogens is 4. The second-order valence-electron chi connectivity index (χ2n) is 7.12. The number of anilines is 1. The van der Waals surface area contributed by atoms with Crippen molar-refractivity contribution in [3.63, 3.8) is 0 Å². The van der Waals surface area contributed by atoms with Crippen LogP contribution in [0.5, 0.6) is 0 Å². The lowest BCUT2D eigenvalue weighted by Gasteiger charge is -2.33. The summed E-state index contributed by atoms with van der Waals surface area (Å²) in [5.41, 5.74) is 9.15. The van der Waals surface area contributed by atoms with Crippen molar-refractivity contribution in [2.24, 2.45) is 5.73 Å². The van der Waals surface area contributed by atoms with Gasteiger partial charge in [0.05, 0.1) is 7.11 Å². The van der Waals surface area contributed by atoms with E-state index in [0.717, 1.165) is 48.6 Å². The largest absolute Gasteiger partial charge is 0.464 e. The van der Waals surface area contributed by atoms with Gasteiger partial charge in [-0.15, -0.1) is 24.8 Å². The Labute approximate surface area is 181 Å². The molecule has 2 aliphatic rings. The third-order valence-electron chi connectivity index (χ3n) is 5.28. The number of fused-ring (bicyclic) bond motifs is 1. The van der Waals surface area contributed by atoms with E-state index in [1.54, 1.807) is 7.11 Å². The Kier molecular flexibility index (Phi) is 7.81. The van der Waals surface area contributed by atoms with Crippen molar-refractivity contribution in [3.05, 3.63) is 34.5 Å². The third-order valence-corrected chi connectivity index (χ3v) is 5.28. The molecule has 0 amide bonds. The maximum absolute atomic E-state index is 12.0. The fourth-order valence-electron chi connectivity index (χ4n) is 3.73. The number of H-pyrrole nitrogens is 1. The van der Waals surface area contributed by atoms with Gasteiger partial charge in [0.1, 0.15) is 12.4 Å². The van der Waals surface area contributed by atoms with Gasteiger partial charge in [0.15, 0.2) is 11.5 Å². The van der Waals surface area contributed by atoms with Crippen LogP contribution in [0.2, 0.25) is 0 Å². The summed E-state index contributed by atoms with van der Waals surface area (Å²) in [7, 11) is 3.00. The van der Waals surface area contributed by atoms with Crippen LogP contribution in [0.3, 0.4) is 0 Å². The third kappa shape index (κ3) is 4.63. The van der Waals surface area contributed by atoms with E-state index in [4.69, 9.17) is 15.2 Å². The molecule has 160 valence electrons. The monoisotopic (exact) mass is 444 g/mol. The maximum atomic E-state index is 12.0. The molecular weight excluding hydrogens is 419 g/mol.